The van der Waals surface area contributed by atoms with Crippen LogP contribution in [-0.2, 0) is 33.3 Å². The Morgan fingerprint density at radius 2 is 0.955 bits per heavy atom. The fourth-order valence-electron chi connectivity index (χ4n) is 14.0. The molecule has 9 N–H and O–H groups in total. The van der Waals surface area contributed by atoms with E-state index in [0.29, 0.717) is 25.7 Å². The van der Waals surface area contributed by atoms with Gasteiger partial charge in [-0.05, 0) is 125 Å². The molecule has 0 bridgehead atoms. The molecular formula is C46H63Na2O18P. The number of aliphatic carboxylic acids is 2. The summed E-state index contributed by atoms with van der Waals surface area (Å²) in [4.78, 5) is 88.9. The minimum atomic E-state index is -4.64. The van der Waals surface area contributed by atoms with Crippen molar-refractivity contribution in [1.82, 2.24) is 0 Å². The number of phosphoric acid groups is 1. The number of ketones is 4. The molecule has 0 saturated heterocycles. The Hall–Kier alpha value is -1.55. The summed E-state index contributed by atoms with van der Waals surface area (Å²) in [7, 11) is -4.64. The summed E-state index contributed by atoms with van der Waals surface area (Å²) in [6.45, 7) is 6.68. The second-order valence-electron chi connectivity index (χ2n) is 20.1. The van der Waals surface area contributed by atoms with Crippen LogP contribution in [0.5, 0.6) is 0 Å². The summed E-state index contributed by atoms with van der Waals surface area (Å²) < 4.78 is 8.88. The van der Waals surface area contributed by atoms with Gasteiger partial charge in [0.05, 0.1) is 12.2 Å². The van der Waals surface area contributed by atoms with Crippen molar-refractivity contribution in [2.24, 2.45) is 57.2 Å². The molecule has 8 rings (SSSR count). The number of aliphatic hydroxyl groups excluding tert-OH is 4. The molecule has 0 aliphatic heterocycles. The topological polar surface area (TPSA) is 348 Å². The Labute approximate surface area is 433 Å². The van der Waals surface area contributed by atoms with Crippen LogP contribution < -0.4 is 69.3 Å². The first-order valence-corrected chi connectivity index (χ1v) is 23.7. The number of hydrogen-bond acceptors (Lipinski definition) is 15. The fraction of sp³-hybridized carbons (Fsp3) is 0.696. The van der Waals surface area contributed by atoms with E-state index in [4.69, 9.17) is 19.2 Å². The van der Waals surface area contributed by atoms with Crippen molar-refractivity contribution in [3.8, 4) is 0 Å². The number of aliphatic hydroxyl groups is 6. The molecule has 0 radical (unpaired) electrons. The summed E-state index contributed by atoms with van der Waals surface area (Å²) in [5.41, 5.74) is -3.08. The van der Waals surface area contributed by atoms with Crippen LogP contribution in [0.1, 0.15) is 105 Å². The molecule has 8 aliphatic carbocycles. The standard InChI is InChI=1S/2C21H28O5.C4H6O4.2Na.H3O4P/c2*1-19-7-5-13(23)9-12(19)3-4-14-15-6-8-21(26,17(25)11-22)20(15,2)10-16(24)18(14)19;5-3(6)1-2-4(7)8;;;1-5(2,3)4/h2*5,7,9,14-16,18,22,24,26H,3-4,6,8,10-11H2,1-2H3;1-2H2,(H,5,6)(H,7,8);;;(H3,1,2,3,4)/q;;;2*+1;/p-2/t14?,15?,16?,18?,19-,20-,21-;14-,15?,16?,18+,19+,20+,21+;;;;/m01..../s1. The monoisotopic (exact) mass is 980 g/mol. The minimum absolute atomic E-state index is 0. The predicted octanol–water partition coefficient (Wildman–Crippen LogP) is -6.54. The zero-order valence-corrected chi connectivity index (χ0v) is 44.0. The number of rotatable bonds is 7. The number of carboxylic acids is 2. The van der Waals surface area contributed by atoms with E-state index in [1.165, 1.54) is 0 Å². The fourth-order valence-corrected chi connectivity index (χ4v) is 14.0. The second kappa shape index (κ2) is 22.1. The molecule has 0 heterocycles. The quantitative estimate of drug-likeness (QED) is 0.0846. The van der Waals surface area contributed by atoms with Gasteiger partial charge in [0.25, 0.3) is 0 Å². The van der Waals surface area contributed by atoms with Gasteiger partial charge in [0.1, 0.15) is 24.4 Å². The van der Waals surface area contributed by atoms with Crippen molar-refractivity contribution in [3.05, 3.63) is 47.6 Å². The van der Waals surface area contributed by atoms with Crippen LogP contribution >= 0.6 is 7.82 Å². The van der Waals surface area contributed by atoms with Crippen LogP contribution in [0.4, 0.5) is 0 Å². The first-order valence-electron chi connectivity index (χ1n) is 22.1. The molecule has 6 saturated carbocycles. The number of carbonyl (C=O) groups excluding carboxylic acids is 6. The molecule has 0 aromatic heterocycles. The molecule has 6 fully saturated rings. The summed E-state index contributed by atoms with van der Waals surface area (Å²) in [5.74, 6) is -3.19. The summed E-state index contributed by atoms with van der Waals surface area (Å²) in [5, 5.41) is 82.3. The van der Waals surface area contributed by atoms with Gasteiger partial charge in [-0.3, -0.25) is 19.2 Å². The molecule has 21 heteroatoms. The molecule has 18 nitrogen and oxygen atoms in total. The molecule has 0 aromatic rings. The van der Waals surface area contributed by atoms with Crippen molar-refractivity contribution >= 4 is 42.9 Å². The van der Waals surface area contributed by atoms with Crippen LogP contribution in [0, 0.1) is 57.2 Å². The third-order valence-corrected chi connectivity index (χ3v) is 17.0. The van der Waals surface area contributed by atoms with Crippen LogP contribution in [0.2, 0.25) is 0 Å². The van der Waals surface area contributed by atoms with E-state index < -0.39 is 91.6 Å². The second-order valence-corrected chi connectivity index (χ2v) is 21.2. The number of carboxylic acid groups (broad SMARTS) is 2. The summed E-state index contributed by atoms with van der Waals surface area (Å²) in [6, 6.07) is 0. The van der Waals surface area contributed by atoms with Crippen LogP contribution in [-0.4, -0.2) is 117 Å². The molecule has 14 atom stereocenters. The van der Waals surface area contributed by atoms with E-state index in [1.807, 2.05) is 26.0 Å². The van der Waals surface area contributed by atoms with E-state index in [9.17, 15) is 69.6 Å². The Morgan fingerprint density at radius 1 is 0.642 bits per heavy atom. The van der Waals surface area contributed by atoms with E-state index in [1.54, 1.807) is 24.3 Å². The molecule has 67 heavy (non-hydrogen) atoms. The van der Waals surface area contributed by atoms with E-state index in [2.05, 4.69) is 13.8 Å². The van der Waals surface area contributed by atoms with Crippen molar-refractivity contribution in [3.63, 3.8) is 0 Å². The Balaban J connectivity index is 0.000000276. The van der Waals surface area contributed by atoms with Gasteiger partial charge >= 0.3 is 66.9 Å². The van der Waals surface area contributed by atoms with Gasteiger partial charge in [-0.15, -0.1) is 0 Å². The summed E-state index contributed by atoms with van der Waals surface area (Å²) in [6.07, 6.45) is 14.4. The van der Waals surface area contributed by atoms with Crippen LogP contribution in [0.15, 0.2) is 47.6 Å². The SMILES string of the molecule is C[C@]12C=CC(=O)C=C1CCC1C2C(O)C[C@@]2(C)C1CC[C@]2(O)C(=O)CO.C[C@]12C=CC(=O)C=C1CC[C@@H]1C3CC[C@](O)(C(=O)CO)[C@@]3(C)CC(O)[C@H]12.O=C([O-])CCC(=O)[O-].O=P(O)(O)O.[Na+].[Na+]. The minimum Gasteiger partial charge on any atom is -0.550 e. The first-order chi connectivity index (χ1) is 30.0. The number of fused-ring (bicyclic) bond motifs is 10. The maximum absolute atomic E-state index is 12.4. The van der Waals surface area contributed by atoms with E-state index >= 15 is 0 Å². The van der Waals surface area contributed by atoms with Gasteiger partial charge in [0, 0.05) is 45.4 Å². The number of carbonyl (C=O) groups is 6. The maximum Gasteiger partial charge on any atom is 1.00 e. The molecule has 0 spiro atoms. The van der Waals surface area contributed by atoms with Gasteiger partial charge in [0.2, 0.25) is 0 Å². The normalized spacial score (nSPS) is 40.6. The molecular weight excluding hydrogens is 917 g/mol. The van der Waals surface area contributed by atoms with Gasteiger partial charge in [0.15, 0.2) is 23.1 Å². The number of Topliss-reactive ketones (excluding diaryl/α,β-unsaturated/α-hetero) is 2. The smallest absolute Gasteiger partial charge is 0.550 e. The molecule has 8 aliphatic rings. The molecule has 6 unspecified atom stereocenters. The third kappa shape index (κ3) is 11.3. The average molecular weight is 981 g/mol. The number of hydrogen-bond donors (Lipinski definition) is 9. The number of allylic oxidation sites excluding steroid dienone is 8. The Morgan fingerprint density at radius 3 is 1.24 bits per heavy atom. The largest absolute Gasteiger partial charge is 1.00 e. The maximum atomic E-state index is 12.4. The Bertz CT molecular complexity index is 1970. The Kier molecular flexibility index (Phi) is 19.7. The molecule has 0 amide bonds. The zero-order valence-electron chi connectivity index (χ0n) is 39.1. The van der Waals surface area contributed by atoms with Crippen molar-refractivity contribution in [1.29, 1.82) is 0 Å². The van der Waals surface area contributed by atoms with Gasteiger partial charge in [-0.1, -0.05) is 51.0 Å². The van der Waals surface area contributed by atoms with Gasteiger partial charge < -0.3 is 65.1 Å². The van der Waals surface area contributed by atoms with Gasteiger partial charge in [-0.2, -0.15) is 0 Å². The predicted molar refractivity (Wildman–Crippen MR) is 224 cm³/mol. The summed E-state index contributed by atoms with van der Waals surface area (Å²) >= 11 is 0. The first kappa shape index (κ1) is 59.8. The van der Waals surface area contributed by atoms with E-state index in [-0.39, 0.29) is 117 Å². The third-order valence-electron chi connectivity index (χ3n) is 17.0. The average Bonchev–Trinajstić information content (AvgIpc) is 3.64. The van der Waals surface area contributed by atoms with Crippen molar-refractivity contribution < 1.29 is 148 Å². The molecule has 362 valence electrons. The zero-order chi connectivity index (χ0) is 48.9. The van der Waals surface area contributed by atoms with E-state index in [0.717, 1.165) is 49.7 Å². The van der Waals surface area contributed by atoms with Crippen LogP contribution in [0.3, 0.4) is 0 Å². The van der Waals surface area contributed by atoms with Crippen LogP contribution in [0.25, 0.3) is 0 Å². The van der Waals surface area contributed by atoms with Crippen molar-refractivity contribution in [2.75, 3.05) is 13.2 Å². The molecule has 0 aromatic carbocycles. The van der Waals surface area contributed by atoms with Crippen molar-refractivity contribution in [2.45, 2.75) is 128 Å². The van der Waals surface area contributed by atoms with Gasteiger partial charge in [-0.25, -0.2) is 4.57 Å².